The lowest BCUT2D eigenvalue weighted by Crippen LogP contribution is -2.52. The highest BCUT2D eigenvalue weighted by atomic mass is 35.5. The molecule has 5 N–H and O–H groups in total. The van der Waals surface area contributed by atoms with E-state index in [1.807, 2.05) is 24.3 Å². The Labute approximate surface area is 411 Å². The van der Waals surface area contributed by atoms with Crippen molar-refractivity contribution >= 4 is 53.3 Å². The van der Waals surface area contributed by atoms with Gasteiger partial charge in [-0.3, -0.25) is 39.4 Å². The van der Waals surface area contributed by atoms with E-state index in [2.05, 4.69) is 48.4 Å². The number of amides is 5. The highest BCUT2D eigenvalue weighted by molar-refractivity contribution is 6.07. The first-order chi connectivity index (χ1) is 33.5. The van der Waals surface area contributed by atoms with E-state index in [9.17, 15) is 28.4 Å². The summed E-state index contributed by atoms with van der Waals surface area (Å²) in [7, 11) is 2.09. The smallest absolute Gasteiger partial charge is 0.255 e. The number of nitrogens with one attached hydrogen (secondary N) is 5. The van der Waals surface area contributed by atoms with Gasteiger partial charge >= 0.3 is 0 Å². The molecule has 20 heteroatoms. The van der Waals surface area contributed by atoms with Crippen LogP contribution in [-0.2, 0) is 42.5 Å². The average molecular weight is 982 g/mol. The number of hydrogen-bond acceptors (Lipinski definition) is 13. The molecule has 5 heterocycles. The Hall–Kier alpha value is -6.80. The van der Waals surface area contributed by atoms with Crippen LogP contribution in [0.5, 0.6) is 5.75 Å². The number of unbranched alkanes of at least 4 members (excludes halogenated alkanes) is 2. The van der Waals surface area contributed by atoms with E-state index in [4.69, 9.17) is 19.2 Å². The van der Waals surface area contributed by atoms with Crippen molar-refractivity contribution in [1.29, 1.82) is 0 Å². The first-order valence-corrected chi connectivity index (χ1v) is 23.4. The second-order valence-corrected chi connectivity index (χ2v) is 17.5. The van der Waals surface area contributed by atoms with Crippen LogP contribution in [0.2, 0.25) is 0 Å². The van der Waals surface area contributed by atoms with Gasteiger partial charge in [-0.1, -0.05) is 12.1 Å². The number of hydrogen-bond donors (Lipinski definition) is 5. The quantitative estimate of drug-likeness (QED) is 0.0412. The predicted molar refractivity (Wildman–Crippen MR) is 260 cm³/mol. The zero-order chi connectivity index (χ0) is 48.2. The van der Waals surface area contributed by atoms with Gasteiger partial charge in [0.15, 0.2) is 11.6 Å². The Bertz CT molecular complexity index is 2630. The molecule has 70 heavy (non-hydrogen) atoms. The van der Waals surface area contributed by atoms with E-state index in [1.54, 1.807) is 54.9 Å². The largest absolute Gasteiger partial charge is 0.494 e. The average Bonchev–Trinajstić information content (AvgIpc) is 3.99. The minimum Gasteiger partial charge on any atom is -0.494 e. The molecular weight excluding hydrogens is 923 g/mol. The van der Waals surface area contributed by atoms with Crippen LogP contribution >= 0.6 is 12.4 Å². The number of rotatable bonds is 22. The molecule has 18 nitrogen and oxygen atoms in total. The normalized spacial score (nSPS) is 16.5. The molecule has 1 atom stereocenters. The molecule has 3 aromatic carbocycles. The molecule has 2 fully saturated rings. The van der Waals surface area contributed by atoms with Crippen molar-refractivity contribution in [1.82, 2.24) is 40.6 Å². The number of carbonyl (C=O) groups excluding carboxylic acids is 5. The van der Waals surface area contributed by atoms with Crippen LogP contribution in [-0.4, -0.2) is 119 Å². The molecule has 5 amide bonds. The lowest BCUT2D eigenvalue weighted by Gasteiger charge is -2.40. The molecule has 0 bridgehead atoms. The number of fused-ring (bicyclic) bond motifs is 1. The number of aromatic nitrogens is 4. The number of imide groups is 1. The second-order valence-electron chi connectivity index (χ2n) is 17.5. The minimum absolute atomic E-state index is 0. The fourth-order valence-corrected chi connectivity index (χ4v) is 8.69. The van der Waals surface area contributed by atoms with Crippen molar-refractivity contribution in [2.45, 2.75) is 76.0 Å². The van der Waals surface area contributed by atoms with E-state index in [-0.39, 0.29) is 68.6 Å². The first kappa shape index (κ1) is 51.1. The summed E-state index contributed by atoms with van der Waals surface area (Å²) in [5.41, 5.74) is 3.34. The number of anilines is 2. The number of nitrogens with zero attached hydrogens (tertiary/aromatic N) is 5. The molecule has 3 aliphatic heterocycles. The zero-order valence-electron chi connectivity index (χ0n) is 39.0. The van der Waals surface area contributed by atoms with E-state index in [0.29, 0.717) is 72.4 Å². The second kappa shape index (κ2) is 24.2. The van der Waals surface area contributed by atoms with Crippen molar-refractivity contribution in [3.8, 4) is 17.1 Å². The fraction of sp³-hybridized carbons (Fsp3) is 0.400. The summed E-state index contributed by atoms with van der Waals surface area (Å²) in [6.45, 7) is 3.43. The van der Waals surface area contributed by atoms with Gasteiger partial charge in [-0.2, -0.15) is 5.10 Å². The molecule has 0 aliphatic carbocycles. The van der Waals surface area contributed by atoms with E-state index in [1.165, 1.54) is 11.0 Å². The van der Waals surface area contributed by atoms with Crippen LogP contribution in [0.4, 0.5) is 15.8 Å². The summed E-state index contributed by atoms with van der Waals surface area (Å²) in [4.78, 5) is 75.8. The van der Waals surface area contributed by atoms with Gasteiger partial charge in [0.05, 0.1) is 12.1 Å². The van der Waals surface area contributed by atoms with Gasteiger partial charge in [0.1, 0.15) is 24.2 Å². The number of aromatic amines is 1. The lowest BCUT2D eigenvalue weighted by molar-refractivity contribution is -0.137. The molecule has 0 spiro atoms. The van der Waals surface area contributed by atoms with Crippen LogP contribution in [0.1, 0.15) is 89.0 Å². The number of piperidine rings is 2. The predicted octanol–water partition coefficient (Wildman–Crippen LogP) is 5.76. The molecule has 2 saturated heterocycles. The van der Waals surface area contributed by atoms with Crippen molar-refractivity contribution in [3.63, 3.8) is 0 Å². The number of H-pyrrole nitrogens is 1. The monoisotopic (exact) mass is 980 g/mol. The SMILES string of the molecule is CN1CCC(Nc2cccc(C(=O)NCc3cc(OCCCCCOCCCOCC(=O)Nc4cccc5c4CN(C4CCC(=O)NC4=O)C5=O)ccc3F)c2)(c2nc(-c3ccncc3)n[nH]2)CC1.Cl. The Morgan fingerprint density at radius 1 is 0.900 bits per heavy atom. The number of ether oxygens (including phenoxy) is 3. The highest BCUT2D eigenvalue weighted by Gasteiger charge is 2.41. The molecule has 3 aliphatic rings. The Morgan fingerprint density at radius 3 is 2.49 bits per heavy atom. The van der Waals surface area contributed by atoms with E-state index in [0.717, 1.165) is 62.3 Å². The van der Waals surface area contributed by atoms with Crippen molar-refractivity contribution in [3.05, 3.63) is 119 Å². The maximum absolute atomic E-state index is 14.9. The fourth-order valence-electron chi connectivity index (χ4n) is 8.69. The number of halogens is 2. The number of pyridine rings is 1. The third-order valence-corrected chi connectivity index (χ3v) is 12.6. The molecular formula is C50H58ClFN10O8. The summed E-state index contributed by atoms with van der Waals surface area (Å²) in [5, 5.41) is 19.3. The molecule has 1 unspecified atom stereocenters. The summed E-state index contributed by atoms with van der Waals surface area (Å²) < 4.78 is 32.1. The Balaban J connectivity index is 0.00000722. The number of benzene rings is 3. The van der Waals surface area contributed by atoms with E-state index >= 15 is 0 Å². The van der Waals surface area contributed by atoms with Crippen LogP contribution in [0.25, 0.3) is 11.4 Å². The van der Waals surface area contributed by atoms with Crippen LogP contribution in [0.15, 0.2) is 85.2 Å². The third kappa shape index (κ3) is 12.9. The Kier molecular flexibility index (Phi) is 17.6. The Morgan fingerprint density at radius 2 is 1.67 bits per heavy atom. The molecule has 370 valence electrons. The van der Waals surface area contributed by atoms with Gasteiger partial charge in [-0.25, -0.2) is 9.37 Å². The first-order valence-electron chi connectivity index (χ1n) is 23.4. The van der Waals surface area contributed by atoms with Crippen molar-refractivity contribution in [2.24, 2.45) is 0 Å². The highest BCUT2D eigenvalue weighted by Crippen LogP contribution is 2.36. The maximum atomic E-state index is 14.9. The standard InChI is InChI=1S/C50H57FN10O8.ClH/c1-60-22-18-50(19-23-60,49-56-45(58-59-49)33-16-20-52-21-17-33)57-36-9-5-8-34(28-36)46(64)53-30-35-29-37(12-13-40(35)51)69-27-4-2-3-24-67-25-7-26-68-32-44(63)54-41-11-6-10-38-39(41)31-61(48(38)66)42-14-15-43(62)55-47(42)65;/h5-6,8-13,16-17,20-21,28-29,42,57H,2-4,7,14-15,18-19,22-27,30-32H2,1H3,(H,53,64)(H,54,63)(H,55,62,65)(H,56,58,59);1H. The van der Waals surface area contributed by atoms with Gasteiger partial charge in [0, 0.05) is 104 Å². The molecule has 5 aromatic rings. The van der Waals surface area contributed by atoms with Gasteiger partial charge in [-0.05, 0) is 113 Å². The van der Waals surface area contributed by atoms with Gasteiger partial charge in [-0.15, -0.1) is 12.4 Å². The lowest BCUT2D eigenvalue weighted by atomic mass is 9.86. The van der Waals surface area contributed by atoms with Crippen molar-refractivity contribution < 1.29 is 42.6 Å². The minimum atomic E-state index is -0.741. The number of likely N-dealkylation sites (tertiary alicyclic amines) is 1. The van der Waals surface area contributed by atoms with Gasteiger partial charge < -0.3 is 40.0 Å². The summed E-state index contributed by atoms with van der Waals surface area (Å²) in [6.07, 6.45) is 8.42. The van der Waals surface area contributed by atoms with E-state index < -0.39 is 23.3 Å². The summed E-state index contributed by atoms with van der Waals surface area (Å²) >= 11 is 0. The molecule has 8 rings (SSSR count). The number of carbonyl (C=O) groups is 5. The molecule has 0 radical (unpaired) electrons. The van der Waals surface area contributed by atoms with Gasteiger partial charge in [0.25, 0.3) is 11.8 Å². The topological polar surface area (TPSA) is 222 Å². The third-order valence-electron chi connectivity index (χ3n) is 12.6. The summed E-state index contributed by atoms with van der Waals surface area (Å²) in [6, 6.07) is 19.8. The molecule has 0 saturated carbocycles. The van der Waals surface area contributed by atoms with Crippen LogP contribution in [0.3, 0.4) is 0 Å². The van der Waals surface area contributed by atoms with Crippen LogP contribution in [0, 0.1) is 5.82 Å². The maximum Gasteiger partial charge on any atom is 0.255 e. The van der Waals surface area contributed by atoms with Crippen molar-refractivity contribution in [2.75, 3.05) is 63.8 Å². The summed E-state index contributed by atoms with van der Waals surface area (Å²) in [5.74, 6) is -0.487. The van der Waals surface area contributed by atoms with Crippen LogP contribution < -0.4 is 26.0 Å². The van der Waals surface area contributed by atoms with Gasteiger partial charge in [0.2, 0.25) is 17.7 Å². The zero-order valence-corrected chi connectivity index (χ0v) is 39.8. The molecule has 2 aromatic heterocycles.